The van der Waals surface area contributed by atoms with E-state index in [0.29, 0.717) is 11.4 Å². The van der Waals surface area contributed by atoms with Crippen molar-refractivity contribution in [3.05, 3.63) is 23.6 Å². The van der Waals surface area contributed by atoms with Gasteiger partial charge in [-0.3, -0.25) is 0 Å². The van der Waals surface area contributed by atoms with Crippen LogP contribution in [0.3, 0.4) is 0 Å². The van der Waals surface area contributed by atoms with Gasteiger partial charge in [0.1, 0.15) is 0 Å². The summed E-state index contributed by atoms with van der Waals surface area (Å²) < 4.78 is 14.0. The van der Waals surface area contributed by atoms with E-state index in [1.807, 2.05) is 11.8 Å². The summed E-state index contributed by atoms with van der Waals surface area (Å²) in [5.41, 5.74) is 0.529. The van der Waals surface area contributed by atoms with Crippen LogP contribution in [0.4, 0.5) is 10.2 Å². The molecule has 88 valence electrons. The smallest absolute Gasteiger partial charge is 0.170 e. The van der Waals surface area contributed by atoms with E-state index in [4.69, 9.17) is 11.6 Å². The molecule has 0 radical (unpaired) electrons. The third-order valence-corrected chi connectivity index (χ3v) is 3.24. The Balaban J connectivity index is 2.21. The van der Waals surface area contributed by atoms with Crippen molar-refractivity contribution in [1.82, 2.24) is 4.98 Å². The van der Waals surface area contributed by atoms with Gasteiger partial charge in [0.2, 0.25) is 0 Å². The van der Waals surface area contributed by atoms with E-state index in [0.717, 1.165) is 19.0 Å². The Kier molecular flexibility index (Phi) is 3.64. The van der Waals surface area contributed by atoms with Crippen molar-refractivity contribution < 1.29 is 4.39 Å². The largest absolute Gasteiger partial charge is 0.354 e. The fourth-order valence-corrected chi connectivity index (χ4v) is 1.98. The first kappa shape index (κ1) is 11.6. The van der Waals surface area contributed by atoms with Gasteiger partial charge in [-0.25, -0.2) is 9.37 Å². The second kappa shape index (κ2) is 5.00. The molecule has 0 aromatic carbocycles. The first-order chi connectivity index (χ1) is 7.76. The zero-order valence-electron chi connectivity index (χ0n) is 9.42. The molecule has 1 saturated carbocycles. The minimum Gasteiger partial charge on any atom is -0.354 e. The van der Waals surface area contributed by atoms with Crippen molar-refractivity contribution in [2.24, 2.45) is 5.92 Å². The summed E-state index contributed by atoms with van der Waals surface area (Å²) in [4.78, 5) is 6.13. The van der Waals surface area contributed by atoms with Gasteiger partial charge in [-0.1, -0.05) is 0 Å². The third-order valence-electron chi connectivity index (χ3n) is 2.95. The quantitative estimate of drug-likeness (QED) is 0.738. The van der Waals surface area contributed by atoms with Gasteiger partial charge >= 0.3 is 0 Å². The van der Waals surface area contributed by atoms with Crippen molar-refractivity contribution in [2.45, 2.75) is 25.6 Å². The maximum Gasteiger partial charge on any atom is 0.170 e. The molecule has 1 heterocycles. The average molecular weight is 243 g/mol. The highest BCUT2D eigenvalue weighted by molar-refractivity contribution is 6.17. The molecule has 4 heteroatoms. The van der Waals surface area contributed by atoms with E-state index < -0.39 is 0 Å². The number of nitrogens with zero attached hydrogens (tertiary/aromatic N) is 2. The summed E-state index contributed by atoms with van der Waals surface area (Å²) in [6.45, 7) is 3.72. The monoisotopic (exact) mass is 242 g/mol. The average Bonchev–Trinajstić information content (AvgIpc) is 3.10. The van der Waals surface area contributed by atoms with Crippen LogP contribution in [0, 0.1) is 11.7 Å². The lowest BCUT2D eigenvalue weighted by molar-refractivity contribution is 0.595. The van der Waals surface area contributed by atoms with Crippen LogP contribution >= 0.6 is 11.6 Å². The zero-order chi connectivity index (χ0) is 11.5. The zero-order valence-corrected chi connectivity index (χ0v) is 10.2. The standard InChI is InChI=1S/C12H16ClFN2/c1-2-16(8-9-3-4-9)12-11(14)10(7-13)5-6-15-12/h5-6,9H,2-4,7-8H2,1H3. The summed E-state index contributed by atoms with van der Waals surface area (Å²) >= 11 is 5.68. The first-order valence-corrected chi connectivity index (χ1v) is 6.24. The van der Waals surface area contributed by atoms with Crippen LogP contribution in [0.5, 0.6) is 0 Å². The molecule has 2 nitrogen and oxygen atoms in total. The molecule has 0 spiro atoms. The third kappa shape index (κ3) is 2.46. The molecule has 0 aliphatic heterocycles. The lowest BCUT2D eigenvalue weighted by atomic mass is 10.2. The highest BCUT2D eigenvalue weighted by atomic mass is 35.5. The Morgan fingerprint density at radius 2 is 2.31 bits per heavy atom. The van der Waals surface area contributed by atoms with Crippen LogP contribution in [0.1, 0.15) is 25.3 Å². The van der Waals surface area contributed by atoms with E-state index >= 15 is 0 Å². The fourth-order valence-electron chi connectivity index (χ4n) is 1.77. The number of anilines is 1. The summed E-state index contributed by atoms with van der Waals surface area (Å²) in [7, 11) is 0. The number of halogens is 2. The summed E-state index contributed by atoms with van der Waals surface area (Å²) in [6.07, 6.45) is 4.15. The van der Waals surface area contributed by atoms with Gasteiger partial charge < -0.3 is 4.90 Å². The number of pyridine rings is 1. The van der Waals surface area contributed by atoms with Gasteiger partial charge in [-0.2, -0.15) is 0 Å². The van der Waals surface area contributed by atoms with Gasteiger partial charge in [-0.15, -0.1) is 11.6 Å². The van der Waals surface area contributed by atoms with Gasteiger partial charge in [-0.05, 0) is 31.7 Å². The molecule has 0 bridgehead atoms. The van der Waals surface area contributed by atoms with Crippen molar-refractivity contribution in [2.75, 3.05) is 18.0 Å². The molecule has 0 amide bonds. The molecular weight excluding hydrogens is 227 g/mol. The molecule has 0 unspecified atom stereocenters. The lowest BCUT2D eigenvalue weighted by Gasteiger charge is -2.22. The molecule has 2 rings (SSSR count). The number of aromatic nitrogens is 1. The predicted octanol–water partition coefficient (Wildman–Crippen LogP) is 3.20. The summed E-state index contributed by atoms with van der Waals surface area (Å²) in [6, 6.07) is 1.64. The molecule has 0 atom stereocenters. The van der Waals surface area contributed by atoms with Crippen molar-refractivity contribution in [3.8, 4) is 0 Å². The molecule has 16 heavy (non-hydrogen) atoms. The van der Waals surface area contributed by atoms with Crippen LogP contribution in [0.15, 0.2) is 12.3 Å². The van der Waals surface area contributed by atoms with Gasteiger partial charge in [0, 0.05) is 24.8 Å². The number of rotatable bonds is 5. The summed E-state index contributed by atoms with van der Waals surface area (Å²) in [5, 5.41) is 0. The molecule has 1 aliphatic carbocycles. The minimum absolute atomic E-state index is 0.197. The normalized spacial score (nSPS) is 15.2. The SMILES string of the molecule is CCN(CC1CC1)c1nccc(CCl)c1F. The van der Waals surface area contributed by atoms with Crippen molar-refractivity contribution in [3.63, 3.8) is 0 Å². The van der Waals surface area contributed by atoms with Crippen molar-refractivity contribution in [1.29, 1.82) is 0 Å². The molecule has 1 aromatic heterocycles. The van der Waals surface area contributed by atoms with Gasteiger partial charge in [0.25, 0.3) is 0 Å². The second-order valence-electron chi connectivity index (χ2n) is 4.22. The Morgan fingerprint density at radius 3 is 2.88 bits per heavy atom. The number of alkyl halides is 1. The minimum atomic E-state index is -0.264. The van der Waals surface area contributed by atoms with E-state index in [2.05, 4.69) is 4.98 Å². The van der Waals surface area contributed by atoms with Crippen LogP contribution in [0.25, 0.3) is 0 Å². The Bertz CT molecular complexity index is 366. The molecular formula is C12H16ClFN2. The van der Waals surface area contributed by atoms with Crippen LogP contribution in [-0.2, 0) is 5.88 Å². The molecule has 1 fully saturated rings. The Labute approximate surface area is 100 Å². The van der Waals surface area contributed by atoms with Crippen molar-refractivity contribution >= 4 is 17.4 Å². The van der Waals surface area contributed by atoms with E-state index in [9.17, 15) is 4.39 Å². The second-order valence-corrected chi connectivity index (χ2v) is 4.49. The molecule has 0 saturated heterocycles. The number of hydrogen-bond donors (Lipinski definition) is 0. The highest BCUT2D eigenvalue weighted by Gasteiger charge is 2.25. The predicted molar refractivity (Wildman–Crippen MR) is 64.4 cm³/mol. The van der Waals surface area contributed by atoms with E-state index in [1.165, 1.54) is 12.8 Å². The highest BCUT2D eigenvalue weighted by Crippen LogP contribution is 2.31. The number of hydrogen-bond acceptors (Lipinski definition) is 2. The van der Waals surface area contributed by atoms with Crippen LogP contribution in [0.2, 0.25) is 0 Å². The maximum absolute atomic E-state index is 14.0. The first-order valence-electron chi connectivity index (χ1n) is 5.70. The topological polar surface area (TPSA) is 16.1 Å². The van der Waals surface area contributed by atoms with Gasteiger partial charge in [0.15, 0.2) is 11.6 Å². The van der Waals surface area contributed by atoms with Crippen LogP contribution < -0.4 is 4.90 Å². The molecule has 1 aromatic rings. The maximum atomic E-state index is 14.0. The molecule has 1 aliphatic rings. The lowest BCUT2D eigenvalue weighted by Crippen LogP contribution is -2.27. The fraction of sp³-hybridized carbons (Fsp3) is 0.583. The van der Waals surface area contributed by atoms with Gasteiger partial charge in [0.05, 0.1) is 5.88 Å². The summed E-state index contributed by atoms with van der Waals surface area (Å²) in [5.74, 6) is 1.11. The Hall–Kier alpha value is -0.830. The van der Waals surface area contributed by atoms with E-state index in [1.54, 1.807) is 12.3 Å². The van der Waals surface area contributed by atoms with E-state index in [-0.39, 0.29) is 11.7 Å². The Morgan fingerprint density at radius 1 is 1.56 bits per heavy atom. The molecule has 0 N–H and O–H groups in total. The van der Waals surface area contributed by atoms with Crippen LogP contribution in [-0.4, -0.2) is 18.1 Å².